The van der Waals surface area contributed by atoms with E-state index in [4.69, 9.17) is 37.9 Å². The van der Waals surface area contributed by atoms with E-state index in [9.17, 15) is 0 Å². The Morgan fingerprint density at radius 2 is 0.962 bits per heavy atom. The van der Waals surface area contributed by atoms with Gasteiger partial charge in [-0.3, -0.25) is 9.47 Å². The molecule has 0 aliphatic heterocycles. The molecule has 0 saturated carbocycles. The molecular formula is C17H36NO8. The van der Waals surface area contributed by atoms with Crippen molar-refractivity contribution in [3.05, 3.63) is 7.05 Å². The van der Waals surface area contributed by atoms with E-state index >= 15 is 0 Å². The molecule has 0 rings (SSSR count). The maximum atomic E-state index is 5.86. The zero-order valence-electron chi connectivity index (χ0n) is 17.4. The van der Waals surface area contributed by atoms with Gasteiger partial charge >= 0.3 is 12.2 Å². The summed E-state index contributed by atoms with van der Waals surface area (Å²) in [6, 6.07) is 0. The molecule has 0 fully saturated rings. The number of nitrogens with zero attached hydrogens (tertiary/aromatic N) is 1. The van der Waals surface area contributed by atoms with Crippen LogP contribution in [0.1, 0.15) is 41.5 Å². The second-order valence-corrected chi connectivity index (χ2v) is 5.05. The lowest BCUT2D eigenvalue weighted by molar-refractivity contribution is -0.560. The van der Waals surface area contributed by atoms with Crippen LogP contribution in [0.5, 0.6) is 0 Å². The number of hydrogen-bond acceptors (Lipinski definition) is 9. The van der Waals surface area contributed by atoms with Crippen LogP contribution in [-0.4, -0.2) is 70.3 Å². The van der Waals surface area contributed by atoms with Crippen LogP contribution in [-0.2, 0) is 37.9 Å². The molecule has 0 aromatic carbocycles. The summed E-state index contributed by atoms with van der Waals surface area (Å²) in [6.45, 7) is 11.6. The summed E-state index contributed by atoms with van der Waals surface area (Å²) in [5.74, 6) is 0. The lowest BCUT2D eigenvalue weighted by Crippen LogP contribution is -2.66. The van der Waals surface area contributed by atoms with Crippen molar-refractivity contribution in [2.45, 2.75) is 66.3 Å². The van der Waals surface area contributed by atoms with Crippen molar-refractivity contribution < 1.29 is 37.9 Å². The van der Waals surface area contributed by atoms with Gasteiger partial charge in [0.25, 0.3) is 0 Å². The summed E-state index contributed by atoms with van der Waals surface area (Å²) in [4.78, 5) is 1.21. The van der Waals surface area contributed by atoms with E-state index in [1.54, 1.807) is 41.5 Å². The molecule has 0 N–H and O–H groups in total. The fourth-order valence-electron chi connectivity index (χ4n) is 2.07. The molecule has 0 aromatic heterocycles. The van der Waals surface area contributed by atoms with Gasteiger partial charge in [0, 0.05) is 21.3 Å². The first-order valence-corrected chi connectivity index (χ1v) is 8.89. The summed E-state index contributed by atoms with van der Waals surface area (Å²) in [7, 11) is 7.01. The van der Waals surface area contributed by atoms with Gasteiger partial charge in [0.1, 0.15) is 0 Å². The van der Waals surface area contributed by atoms with Crippen molar-refractivity contribution in [3.8, 4) is 0 Å². The highest BCUT2D eigenvalue weighted by Crippen LogP contribution is 2.34. The average Bonchev–Trinajstić information content (AvgIpc) is 2.61. The molecular weight excluding hydrogens is 346 g/mol. The molecule has 0 aliphatic rings. The molecule has 0 aromatic rings. The van der Waals surface area contributed by atoms with Crippen LogP contribution < -0.4 is 0 Å². The van der Waals surface area contributed by atoms with Crippen LogP contribution in [0.25, 0.3) is 0 Å². The largest absolute Gasteiger partial charge is 0.362 e. The van der Waals surface area contributed by atoms with Crippen molar-refractivity contribution in [1.82, 2.24) is 4.90 Å². The minimum absolute atomic E-state index is 0.261. The normalized spacial score (nSPS) is 15.5. The molecule has 0 saturated heterocycles. The molecule has 0 bridgehead atoms. The topological polar surface area (TPSA) is 77.1 Å². The summed E-state index contributed by atoms with van der Waals surface area (Å²) >= 11 is 0. The smallest absolute Gasteiger partial charge is 0.356 e. The Morgan fingerprint density at radius 3 is 1.15 bits per heavy atom. The molecule has 0 aliphatic carbocycles. The Balaban J connectivity index is 6.05. The zero-order chi connectivity index (χ0) is 20.2. The van der Waals surface area contributed by atoms with E-state index in [1.807, 2.05) is 0 Å². The molecule has 9 nitrogen and oxygen atoms in total. The van der Waals surface area contributed by atoms with E-state index in [0.29, 0.717) is 0 Å². The third kappa shape index (κ3) is 6.99. The maximum Gasteiger partial charge on any atom is 0.362 e. The van der Waals surface area contributed by atoms with Crippen molar-refractivity contribution in [2.24, 2.45) is 0 Å². The summed E-state index contributed by atoms with van der Waals surface area (Å²) < 4.78 is 45.2. The van der Waals surface area contributed by atoms with E-state index in [1.165, 1.54) is 19.1 Å². The van der Waals surface area contributed by atoms with E-state index in [2.05, 4.69) is 7.05 Å². The molecule has 1 radical (unpaired) electrons. The standard InChI is InChI=1S/C17H36NO8/c1-10-21-16(22-11-2,25-14(5)19-8)18(7)17(23-12-3,24-13-4)26-15(6)20-9/h14-15H,7,10-13H2,1-6,8-9H3. The molecule has 2 atom stereocenters. The van der Waals surface area contributed by atoms with Crippen molar-refractivity contribution in [3.63, 3.8) is 0 Å². The lowest BCUT2D eigenvalue weighted by Gasteiger charge is -2.48. The summed E-state index contributed by atoms with van der Waals surface area (Å²) in [5.41, 5.74) is 0. The Bertz CT molecular complexity index is 314. The number of hydrogen-bond donors (Lipinski definition) is 0. The van der Waals surface area contributed by atoms with E-state index in [-0.39, 0.29) is 26.4 Å². The van der Waals surface area contributed by atoms with Crippen LogP contribution in [0.15, 0.2) is 0 Å². The van der Waals surface area contributed by atoms with E-state index in [0.717, 1.165) is 0 Å². The number of methoxy groups -OCH3 is 2. The van der Waals surface area contributed by atoms with Gasteiger partial charge in [-0.25, -0.2) is 0 Å². The lowest BCUT2D eigenvalue weighted by atomic mass is 10.5. The average molecular weight is 382 g/mol. The van der Waals surface area contributed by atoms with Gasteiger partial charge in [-0.1, -0.05) is 0 Å². The highest BCUT2D eigenvalue weighted by molar-refractivity contribution is 4.71. The Hall–Kier alpha value is -0.360. The number of rotatable bonds is 16. The Kier molecular flexibility index (Phi) is 12.7. The van der Waals surface area contributed by atoms with Crippen molar-refractivity contribution >= 4 is 0 Å². The predicted octanol–water partition coefficient (Wildman–Crippen LogP) is 2.47. The quantitative estimate of drug-likeness (QED) is 0.374. The van der Waals surface area contributed by atoms with Crippen LogP contribution in [0, 0.1) is 7.05 Å². The molecule has 9 heteroatoms. The molecule has 0 spiro atoms. The Morgan fingerprint density at radius 1 is 0.692 bits per heavy atom. The van der Waals surface area contributed by atoms with Crippen molar-refractivity contribution in [1.29, 1.82) is 0 Å². The second kappa shape index (κ2) is 12.9. The van der Waals surface area contributed by atoms with Gasteiger partial charge in [0.05, 0.1) is 26.4 Å². The van der Waals surface area contributed by atoms with E-state index < -0.39 is 24.8 Å². The highest BCUT2D eigenvalue weighted by Gasteiger charge is 2.55. The molecule has 0 amide bonds. The monoisotopic (exact) mass is 382 g/mol. The molecule has 2 unspecified atom stereocenters. The Labute approximate surface area is 157 Å². The first-order valence-electron chi connectivity index (χ1n) is 8.89. The third-order valence-corrected chi connectivity index (χ3v) is 3.26. The second-order valence-electron chi connectivity index (χ2n) is 5.05. The molecule has 157 valence electrons. The first-order chi connectivity index (χ1) is 12.3. The maximum absolute atomic E-state index is 5.86. The molecule has 26 heavy (non-hydrogen) atoms. The van der Waals surface area contributed by atoms with Gasteiger partial charge in [0.2, 0.25) is 0 Å². The first kappa shape index (κ1) is 25.6. The summed E-state index contributed by atoms with van der Waals surface area (Å²) in [6.07, 6.45) is -4.90. The fourth-order valence-corrected chi connectivity index (χ4v) is 2.07. The predicted molar refractivity (Wildman–Crippen MR) is 94.3 cm³/mol. The van der Waals surface area contributed by atoms with Gasteiger partial charge in [0.15, 0.2) is 12.6 Å². The highest BCUT2D eigenvalue weighted by atomic mass is 17.0. The van der Waals surface area contributed by atoms with Gasteiger partial charge in [-0.2, -0.15) is 0 Å². The number of ether oxygens (including phenoxy) is 8. The zero-order valence-corrected chi connectivity index (χ0v) is 17.4. The van der Waals surface area contributed by atoms with Crippen LogP contribution in [0.4, 0.5) is 0 Å². The van der Waals surface area contributed by atoms with Gasteiger partial charge in [-0.05, 0) is 41.5 Å². The minimum Gasteiger partial charge on any atom is -0.356 e. The van der Waals surface area contributed by atoms with Gasteiger partial charge < -0.3 is 28.4 Å². The van der Waals surface area contributed by atoms with Gasteiger partial charge in [-0.15, -0.1) is 4.90 Å². The van der Waals surface area contributed by atoms with Crippen LogP contribution >= 0.6 is 0 Å². The summed E-state index contributed by atoms with van der Waals surface area (Å²) in [5, 5.41) is 0. The fraction of sp³-hybridized carbons (Fsp3) is 0.941. The minimum atomic E-state index is -1.78. The molecule has 0 heterocycles. The SMILES string of the molecule is [CH2]N(C(OCC)(OCC)OC(C)OC)C(OCC)(OCC)OC(C)OC. The van der Waals surface area contributed by atoms with Crippen LogP contribution in [0.2, 0.25) is 0 Å². The third-order valence-electron chi connectivity index (χ3n) is 3.26. The van der Waals surface area contributed by atoms with Crippen LogP contribution in [0.3, 0.4) is 0 Å². The van der Waals surface area contributed by atoms with Crippen molar-refractivity contribution in [2.75, 3.05) is 40.6 Å².